The van der Waals surface area contributed by atoms with E-state index in [0.29, 0.717) is 0 Å². The van der Waals surface area contributed by atoms with Crippen LogP contribution in [-0.2, 0) is 4.79 Å². The number of aliphatic hydroxyl groups is 1. The monoisotopic (exact) mass is 160 g/mol. The van der Waals surface area contributed by atoms with E-state index in [-0.39, 0.29) is 5.92 Å². The van der Waals surface area contributed by atoms with Crippen molar-refractivity contribution in [2.45, 2.75) is 39.2 Å². The van der Waals surface area contributed by atoms with E-state index in [2.05, 4.69) is 0 Å². The Morgan fingerprint density at radius 3 is 2.27 bits per heavy atom. The number of hydrogen-bond donors (Lipinski definition) is 2. The summed E-state index contributed by atoms with van der Waals surface area (Å²) in [6.07, 6.45) is 1.24. The van der Waals surface area contributed by atoms with Crippen LogP contribution in [0.5, 0.6) is 0 Å². The van der Waals surface area contributed by atoms with Gasteiger partial charge in [0.05, 0.1) is 0 Å². The van der Waals surface area contributed by atoms with E-state index in [9.17, 15) is 4.79 Å². The van der Waals surface area contributed by atoms with Gasteiger partial charge < -0.3 is 10.2 Å². The van der Waals surface area contributed by atoms with Crippen LogP contribution in [-0.4, -0.2) is 22.3 Å². The van der Waals surface area contributed by atoms with Crippen LogP contribution in [0.3, 0.4) is 0 Å². The second kappa shape index (κ2) is 5.13. The van der Waals surface area contributed by atoms with Gasteiger partial charge in [0.25, 0.3) is 0 Å². The number of aliphatic carboxylic acids is 1. The Hall–Kier alpha value is -0.570. The molecule has 0 rings (SSSR count). The molecule has 2 unspecified atom stereocenters. The van der Waals surface area contributed by atoms with E-state index in [1.54, 1.807) is 0 Å². The molecule has 0 aliphatic rings. The molecule has 0 aliphatic carbocycles. The van der Waals surface area contributed by atoms with Crippen molar-refractivity contribution in [2.24, 2.45) is 5.92 Å². The van der Waals surface area contributed by atoms with Gasteiger partial charge in [-0.05, 0) is 12.3 Å². The van der Waals surface area contributed by atoms with Crippen molar-refractivity contribution in [1.82, 2.24) is 0 Å². The highest BCUT2D eigenvalue weighted by atomic mass is 16.4. The lowest BCUT2D eigenvalue weighted by molar-refractivity contribution is -0.149. The van der Waals surface area contributed by atoms with Gasteiger partial charge in [0.1, 0.15) is 0 Å². The first kappa shape index (κ1) is 10.4. The maximum absolute atomic E-state index is 10.3. The molecule has 3 nitrogen and oxygen atoms in total. The fourth-order valence-corrected chi connectivity index (χ4v) is 1.16. The number of carboxylic acids is 1. The minimum atomic E-state index is -1.18. The number of rotatable bonds is 5. The molecule has 0 aliphatic heterocycles. The molecule has 3 heteroatoms. The highest BCUT2D eigenvalue weighted by molar-refractivity contribution is 5.72. The van der Waals surface area contributed by atoms with Crippen molar-refractivity contribution in [3.05, 3.63) is 0 Å². The summed E-state index contributed by atoms with van der Waals surface area (Å²) in [5.74, 6) is -1.19. The first-order valence-corrected chi connectivity index (χ1v) is 4.04. The lowest BCUT2D eigenvalue weighted by atomic mass is 9.94. The summed E-state index contributed by atoms with van der Waals surface area (Å²) >= 11 is 0. The summed E-state index contributed by atoms with van der Waals surface area (Å²) in [6.45, 7) is 3.88. The lowest BCUT2D eigenvalue weighted by Gasteiger charge is -2.16. The summed E-state index contributed by atoms with van der Waals surface area (Å²) < 4.78 is 0. The van der Waals surface area contributed by atoms with Crippen LogP contribution in [0.2, 0.25) is 0 Å². The predicted molar refractivity (Wildman–Crippen MR) is 42.3 cm³/mol. The van der Waals surface area contributed by atoms with Crippen molar-refractivity contribution in [2.75, 3.05) is 0 Å². The van der Waals surface area contributed by atoms with Gasteiger partial charge in [-0.25, -0.2) is 4.79 Å². The second-order valence-corrected chi connectivity index (χ2v) is 2.74. The Morgan fingerprint density at radius 1 is 1.45 bits per heavy atom. The fraction of sp³-hybridized carbons (Fsp3) is 0.875. The summed E-state index contributed by atoms with van der Waals surface area (Å²) in [7, 11) is 0. The number of aliphatic hydroxyl groups excluding tert-OH is 1. The van der Waals surface area contributed by atoms with Crippen LogP contribution in [0, 0.1) is 5.92 Å². The standard InChI is InChI=1S/C8H16O3/c1-3-5-6(4-2)7(9)8(10)11/h6-7,9H,3-5H2,1-2H3,(H,10,11). The molecule has 66 valence electrons. The van der Waals surface area contributed by atoms with Gasteiger partial charge in [-0.2, -0.15) is 0 Å². The second-order valence-electron chi connectivity index (χ2n) is 2.74. The lowest BCUT2D eigenvalue weighted by Crippen LogP contribution is -2.28. The third-order valence-electron chi connectivity index (χ3n) is 1.88. The Morgan fingerprint density at radius 2 is 2.00 bits per heavy atom. The molecule has 0 spiro atoms. The van der Waals surface area contributed by atoms with Crippen molar-refractivity contribution in [3.8, 4) is 0 Å². The zero-order valence-electron chi connectivity index (χ0n) is 7.08. The Balaban J connectivity index is 3.91. The molecule has 0 aromatic carbocycles. The number of carboxylic acid groups (broad SMARTS) is 1. The molecule has 0 saturated heterocycles. The predicted octanol–water partition coefficient (Wildman–Crippen LogP) is 1.26. The van der Waals surface area contributed by atoms with E-state index >= 15 is 0 Å². The Kier molecular flexibility index (Phi) is 4.86. The van der Waals surface area contributed by atoms with E-state index in [1.165, 1.54) is 0 Å². The van der Waals surface area contributed by atoms with Crippen LogP contribution in [0.1, 0.15) is 33.1 Å². The minimum Gasteiger partial charge on any atom is -0.479 e. The smallest absolute Gasteiger partial charge is 0.332 e. The maximum atomic E-state index is 10.3. The molecular weight excluding hydrogens is 144 g/mol. The molecule has 2 N–H and O–H groups in total. The topological polar surface area (TPSA) is 57.5 Å². The SMILES string of the molecule is CCCC(CC)C(O)C(=O)O. The van der Waals surface area contributed by atoms with Crippen molar-refractivity contribution in [1.29, 1.82) is 0 Å². The van der Waals surface area contributed by atoms with Crippen LogP contribution in [0.25, 0.3) is 0 Å². The summed E-state index contributed by atoms with van der Waals surface area (Å²) in [4.78, 5) is 10.3. The quantitative estimate of drug-likeness (QED) is 0.636. The van der Waals surface area contributed by atoms with E-state index in [1.807, 2.05) is 13.8 Å². The Bertz CT molecular complexity index is 123. The van der Waals surface area contributed by atoms with E-state index in [4.69, 9.17) is 10.2 Å². The van der Waals surface area contributed by atoms with Crippen LogP contribution in [0.15, 0.2) is 0 Å². The third kappa shape index (κ3) is 3.37. The average molecular weight is 160 g/mol. The molecule has 2 atom stereocenters. The molecular formula is C8H16O3. The molecule has 0 fully saturated rings. The van der Waals surface area contributed by atoms with Crippen LogP contribution in [0.4, 0.5) is 0 Å². The normalized spacial score (nSPS) is 15.9. The summed E-state index contributed by atoms with van der Waals surface area (Å²) in [5, 5.41) is 17.6. The highest BCUT2D eigenvalue weighted by Gasteiger charge is 2.22. The number of carbonyl (C=O) groups is 1. The maximum Gasteiger partial charge on any atom is 0.332 e. The van der Waals surface area contributed by atoms with Gasteiger partial charge in [0.2, 0.25) is 0 Å². The molecule has 0 radical (unpaired) electrons. The van der Waals surface area contributed by atoms with Crippen molar-refractivity contribution in [3.63, 3.8) is 0 Å². The summed E-state index contributed by atoms with van der Waals surface area (Å²) in [6, 6.07) is 0. The molecule has 0 aromatic heterocycles. The zero-order chi connectivity index (χ0) is 8.85. The van der Waals surface area contributed by atoms with E-state index < -0.39 is 12.1 Å². The molecule has 0 aromatic rings. The first-order valence-electron chi connectivity index (χ1n) is 4.04. The fourth-order valence-electron chi connectivity index (χ4n) is 1.16. The van der Waals surface area contributed by atoms with Gasteiger partial charge in [0, 0.05) is 0 Å². The van der Waals surface area contributed by atoms with Crippen molar-refractivity contribution < 1.29 is 15.0 Å². The van der Waals surface area contributed by atoms with Crippen molar-refractivity contribution >= 4 is 5.97 Å². The van der Waals surface area contributed by atoms with Gasteiger partial charge in [-0.1, -0.05) is 26.7 Å². The molecule has 0 saturated carbocycles. The van der Waals surface area contributed by atoms with Crippen LogP contribution < -0.4 is 0 Å². The highest BCUT2D eigenvalue weighted by Crippen LogP contribution is 2.15. The largest absolute Gasteiger partial charge is 0.479 e. The summed E-state index contributed by atoms with van der Waals surface area (Å²) in [5.41, 5.74) is 0. The van der Waals surface area contributed by atoms with Gasteiger partial charge in [0.15, 0.2) is 6.10 Å². The zero-order valence-corrected chi connectivity index (χ0v) is 7.08. The van der Waals surface area contributed by atoms with Crippen LogP contribution >= 0.6 is 0 Å². The third-order valence-corrected chi connectivity index (χ3v) is 1.88. The van der Waals surface area contributed by atoms with Gasteiger partial charge in [-0.15, -0.1) is 0 Å². The molecule has 11 heavy (non-hydrogen) atoms. The molecule has 0 bridgehead atoms. The first-order chi connectivity index (χ1) is 5.13. The van der Waals surface area contributed by atoms with Gasteiger partial charge >= 0.3 is 5.97 Å². The molecule has 0 heterocycles. The Labute approximate surface area is 67.0 Å². The molecule has 0 amide bonds. The van der Waals surface area contributed by atoms with Gasteiger partial charge in [-0.3, -0.25) is 0 Å². The minimum absolute atomic E-state index is 0.0856. The average Bonchev–Trinajstić information content (AvgIpc) is 1.98. The number of hydrogen-bond acceptors (Lipinski definition) is 2. The van der Waals surface area contributed by atoms with E-state index in [0.717, 1.165) is 19.3 Å².